The van der Waals surface area contributed by atoms with Crippen LogP contribution in [0.3, 0.4) is 0 Å². The van der Waals surface area contributed by atoms with E-state index in [1.807, 2.05) is 0 Å². The molecule has 0 heterocycles. The molecule has 0 fully saturated rings. The Morgan fingerprint density at radius 3 is 0.600 bits per heavy atom. The molecule has 0 aromatic carbocycles. The first kappa shape index (κ1) is 19.3. The molecule has 0 aliphatic carbocycles. The number of halogens is 1. The van der Waals surface area contributed by atoms with Crippen LogP contribution >= 0.6 is 12.4 Å². The third-order valence-electron chi connectivity index (χ3n) is 0. The van der Waals surface area contributed by atoms with Crippen LogP contribution in [0.15, 0.2) is 0 Å². The SMILES string of the molecule is Cl.NN.NN. The van der Waals surface area contributed by atoms with Crippen LogP contribution in [0.4, 0.5) is 0 Å². The molecule has 0 unspecified atom stereocenters. The molecule has 0 atom stereocenters. The average molecular weight is 101 g/mol. The Hall–Kier alpha value is 0.130. The van der Waals surface area contributed by atoms with Gasteiger partial charge in [0.25, 0.3) is 0 Å². The normalized spacial score (nSPS) is 2.40. The van der Waals surface area contributed by atoms with Gasteiger partial charge in [-0.1, -0.05) is 0 Å². The quantitative estimate of drug-likeness (QED) is 0.210. The summed E-state index contributed by atoms with van der Waals surface area (Å²) in [6.45, 7) is 0. The van der Waals surface area contributed by atoms with Gasteiger partial charge in [-0.15, -0.1) is 12.4 Å². The van der Waals surface area contributed by atoms with Gasteiger partial charge >= 0.3 is 0 Å². The summed E-state index contributed by atoms with van der Waals surface area (Å²) in [6.07, 6.45) is 0. The highest BCUT2D eigenvalue weighted by molar-refractivity contribution is 5.85. The van der Waals surface area contributed by atoms with Crippen LogP contribution in [0, 0.1) is 0 Å². The van der Waals surface area contributed by atoms with Crippen LogP contribution in [0.1, 0.15) is 0 Å². The maximum absolute atomic E-state index is 4.00. The van der Waals surface area contributed by atoms with Gasteiger partial charge in [0.1, 0.15) is 0 Å². The molecule has 0 amide bonds. The van der Waals surface area contributed by atoms with Crippen LogP contribution in [0.2, 0.25) is 0 Å². The van der Waals surface area contributed by atoms with Crippen LogP contribution in [0.25, 0.3) is 0 Å². The van der Waals surface area contributed by atoms with Crippen molar-refractivity contribution >= 4 is 12.4 Å². The first-order chi connectivity index (χ1) is 2.00. The molecule has 0 aromatic heterocycles. The molecule has 0 spiro atoms. The summed E-state index contributed by atoms with van der Waals surface area (Å²) >= 11 is 0. The second-order valence-electron chi connectivity index (χ2n) is 0. The van der Waals surface area contributed by atoms with Gasteiger partial charge < -0.3 is 0 Å². The van der Waals surface area contributed by atoms with E-state index in [1.165, 1.54) is 0 Å². The van der Waals surface area contributed by atoms with E-state index in [1.54, 1.807) is 0 Å². The molecule has 0 radical (unpaired) electrons. The second-order valence-corrected chi connectivity index (χ2v) is 0. The van der Waals surface area contributed by atoms with Crippen molar-refractivity contribution in [3.05, 3.63) is 0 Å². The van der Waals surface area contributed by atoms with Gasteiger partial charge in [0.15, 0.2) is 0 Å². The summed E-state index contributed by atoms with van der Waals surface area (Å²) in [4.78, 5) is 0. The summed E-state index contributed by atoms with van der Waals surface area (Å²) in [5.74, 6) is 16.0. The van der Waals surface area contributed by atoms with Crippen LogP contribution < -0.4 is 23.4 Å². The van der Waals surface area contributed by atoms with Crippen molar-refractivity contribution in [2.45, 2.75) is 0 Å². The first-order valence-corrected chi connectivity index (χ1v) is 0.667. The van der Waals surface area contributed by atoms with Gasteiger partial charge in [-0.05, 0) is 0 Å². The highest BCUT2D eigenvalue weighted by Gasteiger charge is 0.728. The Labute approximate surface area is 36.8 Å². The molecule has 8 N–H and O–H groups in total. The van der Waals surface area contributed by atoms with E-state index in [0.29, 0.717) is 0 Å². The van der Waals surface area contributed by atoms with E-state index in [4.69, 9.17) is 0 Å². The number of hydrogen-bond donors (Lipinski definition) is 4. The third kappa shape index (κ3) is 1110. The number of hydrogen-bond acceptors (Lipinski definition) is 4. The van der Waals surface area contributed by atoms with Crippen molar-refractivity contribution in [2.75, 3.05) is 0 Å². The molecule has 5 heavy (non-hydrogen) atoms. The highest BCUT2D eigenvalue weighted by atomic mass is 35.5. The van der Waals surface area contributed by atoms with Crippen molar-refractivity contribution in [1.29, 1.82) is 0 Å². The lowest BCUT2D eigenvalue weighted by molar-refractivity contribution is 1.26. The van der Waals surface area contributed by atoms with Crippen molar-refractivity contribution in [2.24, 2.45) is 23.4 Å². The lowest BCUT2D eigenvalue weighted by Crippen LogP contribution is -2.02. The Kier molecular flexibility index (Phi) is 9240. The lowest BCUT2D eigenvalue weighted by atomic mass is 13.0. The number of hydrazine groups is 2. The average Bonchev–Trinajstić information content (AvgIpc) is 1.50. The predicted molar refractivity (Wildman–Crippen MR) is 24.0 cm³/mol. The minimum absolute atomic E-state index is 0. The largest absolute Gasteiger partial charge is 0.274 e. The van der Waals surface area contributed by atoms with E-state index < -0.39 is 0 Å². The van der Waals surface area contributed by atoms with Gasteiger partial charge in [0.2, 0.25) is 0 Å². The molecule has 0 saturated carbocycles. The first-order valence-electron chi connectivity index (χ1n) is 0.667. The number of rotatable bonds is 0. The van der Waals surface area contributed by atoms with Crippen molar-refractivity contribution < 1.29 is 0 Å². The molecular formula is H9ClN4. The van der Waals surface area contributed by atoms with Crippen molar-refractivity contribution in [3.63, 3.8) is 0 Å². The second kappa shape index (κ2) is 2390. The van der Waals surface area contributed by atoms with Crippen molar-refractivity contribution in [1.82, 2.24) is 0 Å². The van der Waals surface area contributed by atoms with Crippen molar-refractivity contribution in [3.8, 4) is 0 Å². The van der Waals surface area contributed by atoms with Crippen LogP contribution in [0.5, 0.6) is 0 Å². The number of nitrogens with two attached hydrogens (primary N) is 4. The zero-order chi connectivity index (χ0) is 4.00. The fraction of sp³-hybridized carbons (Fsp3) is 0. The fourth-order valence-corrected chi connectivity index (χ4v) is 0. The minimum Gasteiger partial charge on any atom is -0.274 e. The maximum atomic E-state index is 4.00. The summed E-state index contributed by atoms with van der Waals surface area (Å²) < 4.78 is 0. The van der Waals surface area contributed by atoms with Gasteiger partial charge in [-0.3, -0.25) is 23.4 Å². The maximum Gasteiger partial charge on any atom is -0.147 e. The standard InChI is InChI=1S/ClH.2H4N2/c;2*1-2/h1H;2*1-2H2. The van der Waals surface area contributed by atoms with E-state index in [-0.39, 0.29) is 12.4 Å². The van der Waals surface area contributed by atoms with Crippen LogP contribution in [-0.4, -0.2) is 0 Å². The Balaban J connectivity index is -0.0000000133. The van der Waals surface area contributed by atoms with Crippen LogP contribution in [-0.2, 0) is 0 Å². The van der Waals surface area contributed by atoms with E-state index in [0.717, 1.165) is 0 Å². The summed E-state index contributed by atoms with van der Waals surface area (Å²) in [5.41, 5.74) is 0. The third-order valence-corrected chi connectivity index (χ3v) is 0. The molecule has 0 aliphatic heterocycles. The van der Waals surface area contributed by atoms with E-state index >= 15 is 0 Å². The highest BCUT2D eigenvalue weighted by Crippen LogP contribution is 0.690. The molecule has 5 heteroatoms. The molecule has 0 saturated heterocycles. The molecule has 0 aliphatic rings. The Morgan fingerprint density at radius 2 is 0.600 bits per heavy atom. The predicted octanol–water partition coefficient (Wildman–Crippen LogP) is -1.94. The lowest BCUT2D eigenvalue weighted by Gasteiger charge is -1.27. The zero-order valence-electron chi connectivity index (χ0n) is 2.72. The summed E-state index contributed by atoms with van der Waals surface area (Å²) in [7, 11) is 0. The smallest absolute Gasteiger partial charge is 0.147 e. The minimum atomic E-state index is 0. The molecular weight excluding hydrogens is 91.5 g/mol. The summed E-state index contributed by atoms with van der Waals surface area (Å²) in [6, 6.07) is 0. The monoisotopic (exact) mass is 100 g/mol. The summed E-state index contributed by atoms with van der Waals surface area (Å²) in [5, 5.41) is 0. The van der Waals surface area contributed by atoms with E-state index in [2.05, 4.69) is 23.4 Å². The Morgan fingerprint density at radius 1 is 0.600 bits per heavy atom. The van der Waals surface area contributed by atoms with E-state index in [9.17, 15) is 0 Å². The van der Waals surface area contributed by atoms with Gasteiger partial charge in [-0.25, -0.2) is 0 Å². The molecule has 4 nitrogen and oxygen atoms in total. The molecule has 0 aromatic rings. The molecule has 0 rings (SSSR count). The fourth-order valence-electron chi connectivity index (χ4n) is 0. The molecule has 36 valence electrons. The topological polar surface area (TPSA) is 104 Å². The zero-order valence-corrected chi connectivity index (χ0v) is 3.53. The Bertz CT molecular complexity index is 3.61. The van der Waals surface area contributed by atoms with Gasteiger partial charge in [0, 0.05) is 0 Å². The molecule has 0 bridgehead atoms. The van der Waals surface area contributed by atoms with Gasteiger partial charge in [0.05, 0.1) is 0 Å². The van der Waals surface area contributed by atoms with Gasteiger partial charge in [-0.2, -0.15) is 0 Å².